The first-order valence-corrected chi connectivity index (χ1v) is 3.94. The largest absolute Gasteiger partial charge is 0.228 e. The van der Waals surface area contributed by atoms with Crippen molar-refractivity contribution in [2.24, 2.45) is 0 Å². The fourth-order valence-corrected chi connectivity index (χ4v) is 1.13. The molecule has 3 heteroatoms. The van der Waals surface area contributed by atoms with E-state index in [-0.39, 0.29) is 5.75 Å². The van der Waals surface area contributed by atoms with Gasteiger partial charge in [-0.2, -0.15) is 0 Å². The van der Waals surface area contributed by atoms with E-state index in [2.05, 4.69) is 12.8 Å². The van der Waals surface area contributed by atoms with Crippen molar-refractivity contribution >= 4 is 9.84 Å². The summed E-state index contributed by atoms with van der Waals surface area (Å²) in [5, 5.41) is 0. The second-order valence-corrected chi connectivity index (χ2v) is 3.62. The van der Waals surface area contributed by atoms with Gasteiger partial charge in [0.15, 0.2) is 9.84 Å². The molecule has 8 heavy (non-hydrogen) atoms. The van der Waals surface area contributed by atoms with Crippen LogP contribution in [0.3, 0.4) is 0 Å². The lowest BCUT2D eigenvalue weighted by Crippen LogP contribution is -1.99. The van der Waals surface area contributed by atoms with Crippen molar-refractivity contribution < 1.29 is 8.42 Å². The van der Waals surface area contributed by atoms with Gasteiger partial charge < -0.3 is 0 Å². The molecule has 0 aromatic carbocycles. The van der Waals surface area contributed by atoms with E-state index in [1.807, 2.05) is 0 Å². The molecule has 0 saturated heterocycles. The summed E-state index contributed by atoms with van der Waals surface area (Å²) >= 11 is 0. The molecule has 1 radical (unpaired) electrons. The van der Waals surface area contributed by atoms with Crippen molar-refractivity contribution in [3.05, 3.63) is 18.4 Å². The predicted molar refractivity (Wildman–Crippen MR) is 34.0 cm³/mol. The standard InChI is InChI=1S/C5H9O2S/c1-5(2)4-8(3,6)7/h1,3-4H2,2H3. The molecule has 0 spiro atoms. The van der Waals surface area contributed by atoms with Gasteiger partial charge in [0, 0.05) is 0 Å². The van der Waals surface area contributed by atoms with Crippen LogP contribution in [-0.4, -0.2) is 14.2 Å². The van der Waals surface area contributed by atoms with Gasteiger partial charge in [-0.25, -0.2) is 8.42 Å². The van der Waals surface area contributed by atoms with Crippen molar-refractivity contribution in [3.63, 3.8) is 0 Å². The van der Waals surface area contributed by atoms with Crippen molar-refractivity contribution in [2.75, 3.05) is 5.75 Å². The summed E-state index contributed by atoms with van der Waals surface area (Å²) in [6, 6.07) is 0. The summed E-state index contributed by atoms with van der Waals surface area (Å²) in [6.07, 6.45) is 2.92. The van der Waals surface area contributed by atoms with E-state index in [4.69, 9.17) is 0 Å². The molecule has 0 bridgehead atoms. The molecule has 0 amide bonds. The maximum absolute atomic E-state index is 10.3. The van der Waals surface area contributed by atoms with E-state index < -0.39 is 9.84 Å². The summed E-state index contributed by atoms with van der Waals surface area (Å²) in [5.41, 5.74) is 0.625. The molecule has 0 saturated carbocycles. The number of rotatable bonds is 2. The third-order valence-electron chi connectivity index (χ3n) is 0.466. The van der Waals surface area contributed by atoms with E-state index in [0.29, 0.717) is 5.57 Å². The van der Waals surface area contributed by atoms with Gasteiger partial charge in [0.05, 0.1) is 12.0 Å². The SMILES string of the molecule is [CH2]S(=O)(=O)CC(=C)C. The van der Waals surface area contributed by atoms with Crippen molar-refractivity contribution in [2.45, 2.75) is 6.92 Å². The number of hydrogen-bond acceptors (Lipinski definition) is 2. The van der Waals surface area contributed by atoms with Crippen molar-refractivity contribution in [1.29, 1.82) is 0 Å². The van der Waals surface area contributed by atoms with Crippen LogP contribution in [0.2, 0.25) is 0 Å². The molecule has 0 aromatic heterocycles. The van der Waals surface area contributed by atoms with E-state index in [1.165, 1.54) is 0 Å². The van der Waals surface area contributed by atoms with Crippen LogP contribution in [0.5, 0.6) is 0 Å². The van der Waals surface area contributed by atoms with Crippen LogP contribution in [0.4, 0.5) is 0 Å². The maximum atomic E-state index is 10.3. The second kappa shape index (κ2) is 2.31. The van der Waals surface area contributed by atoms with Crippen LogP contribution in [0, 0.1) is 6.26 Å². The average Bonchev–Trinajstić information content (AvgIpc) is 1.21. The molecule has 47 valence electrons. The molecular formula is C5H9O2S. The van der Waals surface area contributed by atoms with Crippen LogP contribution >= 0.6 is 0 Å². The van der Waals surface area contributed by atoms with Gasteiger partial charge >= 0.3 is 0 Å². The summed E-state index contributed by atoms with van der Waals surface area (Å²) in [4.78, 5) is 0. The van der Waals surface area contributed by atoms with Crippen LogP contribution in [0.15, 0.2) is 12.2 Å². The monoisotopic (exact) mass is 133 g/mol. The van der Waals surface area contributed by atoms with Gasteiger partial charge in [-0.1, -0.05) is 12.2 Å². The summed E-state index contributed by atoms with van der Waals surface area (Å²) < 4.78 is 20.5. The smallest absolute Gasteiger partial charge is 0.155 e. The average molecular weight is 133 g/mol. The zero-order chi connectivity index (χ0) is 6.78. The molecular weight excluding hydrogens is 124 g/mol. The van der Waals surface area contributed by atoms with Crippen LogP contribution in [0.1, 0.15) is 6.92 Å². The molecule has 2 nitrogen and oxygen atoms in total. The topological polar surface area (TPSA) is 34.1 Å². The summed E-state index contributed by atoms with van der Waals surface area (Å²) in [5.74, 6) is -0.00694. The van der Waals surface area contributed by atoms with E-state index in [9.17, 15) is 8.42 Å². The Morgan fingerprint density at radius 1 is 1.62 bits per heavy atom. The Hall–Kier alpha value is -0.310. The number of hydrogen-bond donors (Lipinski definition) is 0. The highest BCUT2D eigenvalue weighted by molar-refractivity contribution is 7.92. The fraction of sp³-hybridized carbons (Fsp3) is 0.400. The Morgan fingerprint density at radius 3 is 2.00 bits per heavy atom. The first-order chi connectivity index (χ1) is 3.42. The zero-order valence-electron chi connectivity index (χ0n) is 4.85. The number of sulfone groups is 1. The molecule has 0 rings (SSSR count). The zero-order valence-corrected chi connectivity index (χ0v) is 5.66. The first-order valence-electron chi connectivity index (χ1n) is 2.12. The summed E-state index contributed by atoms with van der Waals surface area (Å²) in [7, 11) is -3.07. The Balaban J connectivity index is 3.95. The van der Waals surface area contributed by atoms with Crippen molar-refractivity contribution in [3.8, 4) is 0 Å². The van der Waals surface area contributed by atoms with Crippen molar-refractivity contribution in [1.82, 2.24) is 0 Å². The third kappa shape index (κ3) is 5.69. The lowest BCUT2D eigenvalue weighted by Gasteiger charge is -1.91. The molecule has 0 aliphatic rings. The highest BCUT2D eigenvalue weighted by Crippen LogP contribution is 1.93. The minimum Gasteiger partial charge on any atom is -0.228 e. The normalized spacial score (nSPS) is 11.2. The minimum absolute atomic E-state index is 0.00694. The molecule has 0 unspecified atom stereocenters. The Kier molecular flexibility index (Phi) is 2.22. The van der Waals surface area contributed by atoms with E-state index >= 15 is 0 Å². The maximum Gasteiger partial charge on any atom is 0.155 e. The molecule has 0 aliphatic carbocycles. The first kappa shape index (κ1) is 7.69. The van der Waals surface area contributed by atoms with E-state index in [0.717, 1.165) is 0 Å². The van der Waals surface area contributed by atoms with Gasteiger partial charge in [0.2, 0.25) is 0 Å². The molecule has 0 atom stereocenters. The fourth-order valence-electron chi connectivity index (χ4n) is 0.375. The molecule has 0 aromatic rings. The predicted octanol–water partition coefficient (Wildman–Crippen LogP) is 0.769. The molecule has 0 fully saturated rings. The minimum atomic E-state index is -3.07. The highest BCUT2D eigenvalue weighted by atomic mass is 32.2. The van der Waals surface area contributed by atoms with Gasteiger partial charge in [0.25, 0.3) is 0 Å². The van der Waals surface area contributed by atoms with Gasteiger partial charge in [-0.3, -0.25) is 0 Å². The summed E-state index contributed by atoms with van der Waals surface area (Å²) in [6.45, 7) is 5.08. The molecule has 0 N–H and O–H groups in total. The van der Waals surface area contributed by atoms with Crippen LogP contribution in [-0.2, 0) is 9.84 Å². The molecule has 0 aliphatic heterocycles. The quantitative estimate of drug-likeness (QED) is 0.521. The van der Waals surface area contributed by atoms with Gasteiger partial charge in [-0.05, 0) is 6.92 Å². The Labute approximate surface area is 50.1 Å². The van der Waals surface area contributed by atoms with Gasteiger partial charge in [0.1, 0.15) is 0 Å². The highest BCUT2D eigenvalue weighted by Gasteiger charge is 1.99. The van der Waals surface area contributed by atoms with Crippen LogP contribution in [0.25, 0.3) is 0 Å². The third-order valence-corrected chi connectivity index (χ3v) is 1.40. The van der Waals surface area contributed by atoms with Gasteiger partial charge in [-0.15, -0.1) is 0 Å². The lowest BCUT2D eigenvalue weighted by atomic mass is 10.4. The Bertz CT molecular complexity index is 177. The Morgan fingerprint density at radius 2 is 2.00 bits per heavy atom. The van der Waals surface area contributed by atoms with E-state index in [1.54, 1.807) is 6.92 Å². The van der Waals surface area contributed by atoms with Crippen LogP contribution < -0.4 is 0 Å². The molecule has 0 heterocycles. The lowest BCUT2D eigenvalue weighted by molar-refractivity contribution is 0.606. The second-order valence-electron chi connectivity index (χ2n) is 1.85.